The quantitative estimate of drug-likeness (QED) is 0.791. The van der Waals surface area contributed by atoms with Gasteiger partial charge in [0.2, 0.25) is 0 Å². The summed E-state index contributed by atoms with van der Waals surface area (Å²) in [6, 6.07) is 12.6. The summed E-state index contributed by atoms with van der Waals surface area (Å²) in [5.41, 5.74) is 1.56. The predicted molar refractivity (Wildman–Crippen MR) is 101 cm³/mol. The molecule has 4 nitrogen and oxygen atoms in total. The molecule has 126 valence electrons. The lowest BCUT2D eigenvalue weighted by atomic mass is 10.2. The highest BCUT2D eigenvalue weighted by molar-refractivity contribution is 6.36. The number of halogens is 3. The Hall–Kier alpha value is -1.62. The molecular formula is C17H16Cl3N3O. The number of nitrogens with one attached hydrogen (secondary N) is 1. The summed E-state index contributed by atoms with van der Waals surface area (Å²) < 4.78 is 0. The molecule has 0 bridgehead atoms. The smallest absolute Gasteiger partial charge is 0.322 e. The molecule has 0 aliphatic carbocycles. The molecule has 2 amide bonds. The number of urea groups is 1. The van der Waals surface area contributed by atoms with Crippen LogP contribution in [0.1, 0.15) is 0 Å². The monoisotopic (exact) mass is 383 g/mol. The van der Waals surface area contributed by atoms with Crippen LogP contribution in [0.25, 0.3) is 0 Å². The van der Waals surface area contributed by atoms with E-state index in [1.807, 2.05) is 24.3 Å². The molecule has 1 N–H and O–H groups in total. The molecule has 0 aromatic heterocycles. The van der Waals surface area contributed by atoms with Gasteiger partial charge in [-0.1, -0.05) is 46.9 Å². The number of para-hydroxylation sites is 1. The molecule has 0 unspecified atom stereocenters. The molecule has 1 aliphatic heterocycles. The third kappa shape index (κ3) is 3.89. The van der Waals surface area contributed by atoms with Crippen LogP contribution < -0.4 is 10.2 Å². The van der Waals surface area contributed by atoms with Crippen molar-refractivity contribution in [1.29, 1.82) is 0 Å². The maximum atomic E-state index is 12.4. The van der Waals surface area contributed by atoms with Gasteiger partial charge in [0.1, 0.15) is 0 Å². The minimum absolute atomic E-state index is 0.168. The zero-order valence-corrected chi connectivity index (χ0v) is 15.1. The topological polar surface area (TPSA) is 35.6 Å². The van der Waals surface area contributed by atoms with Crippen LogP contribution in [-0.2, 0) is 0 Å². The van der Waals surface area contributed by atoms with E-state index in [1.54, 1.807) is 23.1 Å². The molecule has 2 aromatic rings. The third-order valence-corrected chi connectivity index (χ3v) is 4.80. The van der Waals surface area contributed by atoms with Gasteiger partial charge in [-0.3, -0.25) is 0 Å². The maximum absolute atomic E-state index is 12.4. The third-order valence-electron chi connectivity index (χ3n) is 3.93. The Balaban J connectivity index is 1.60. The summed E-state index contributed by atoms with van der Waals surface area (Å²) >= 11 is 18.2. The number of benzene rings is 2. The first kappa shape index (κ1) is 17.2. The molecule has 24 heavy (non-hydrogen) atoms. The predicted octanol–water partition coefficient (Wildman–Crippen LogP) is 5.00. The van der Waals surface area contributed by atoms with Crippen LogP contribution in [-0.4, -0.2) is 37.1 Å². The van der Waals surface area contributed by atoms with Crippen LogP contribution >= 0.6 is 34.8 Å². The Kier molecular flexibility index (Phi) is 5.39. The Morgan fingerprint density at radius 3 is 2.29 bits per heavy atom. The molecule has 1 heterocycles. The zero-order chi connectivity index (χ0) is 17.1. The summed E-state index contributed by atoms with van der Waals surface area (Å²) in [5, 5.41) is 4.51. The van der Waals surface area contributed by atoms with Crippen LogP contribution in [0.2, 0.25) is 15.1 Å². The maximum Gasteiger partial charge on any atom is 0.322 e. The van der Waals surface area contributed by atoms with Crippen LogP contribution in [0.15, 0.2) is 42.5 Å². The van der Waals surface area contributed by atoms with E-state index in [0.717, 1.165) is 23.8 Å². The Labute approximate surface area is 155 Å². The summed E-state index contributed by atoms with van der Waals surface area (Å²) in [7, 11) is 0. The summed E-state index contributed by atoms with van der Waals surface area (Å²) in [4.78, 5) is 16.3. The van der Waals surface area contributed by atoms with E-state index in [0.29, 0.717) is 28.8 Å². The first-order valence-corrected chi connectivity index (χ1v) is 8.68. The van der Waals surface area contributed by atoms with Gasteiger partial charge in [0.05, 0.1) is 21.4 Å². The van der Waals surface area contributed by atoms with E-state index in [2.05, 4.69) is 10.2 Å². The number of hydrogen-bond donors (Lipinski definition) is 1. The Morgan fingerprint density at radius 2 is 1.62 bits per heavy atom. The van der Waals surface area contributed by atoms with Gasteiger partial charge in [-0.2, -0.15) is 0 Å². The van der Waals surface area contributed by atoms with Crippen molar-refractivity contribution in [2.75, 3.05) is 36.4 Å². The van der Waals surface area contributed by atoms with Crippen LogP contribution in [0.4, 0.5) is 16.2 Å². The van der Waals surface area contributed by atoms with Crippen LogP contribution in [0.5, 0.6) is 0 Å². The number of amides is 2. The molecule has 7 heteroatoms. The summed E-state index contributed by atoms with van der Waals surface area (Å²) in [6.45, 7) is 2.68. The van der Waals surface area contributed by atoms with Crippen molar-refractivity contribution >= 4 is 52.2 Å². The number of hydrogen-bond acceptors (Lipinski definition) is 2. The van der Waals surface area contributed by atoms with E-state index in [-0.39, 0.29) is 6.03 Å². The molecule has 1 saturated heterocycles. The highest BCUT2D eigenvalue weighted by Crippen LogP contribution is 2.27. The Bertz CT molecular complexity index is 746. The SMILES string of the molecule is O=C(Nc1ccc(Cl)cc1Cl)N1CCN(c2ccccc2Cl)CC1. The molecular weight excluding hydrogens is 369 g/mol. The van der Waals surface area contributed by atoms with Crippen molar-refractivity contribution in [1.82, 2.24) is 4.90 Å². The lowest BCUT2D eigenvalue weighted by Gasteiger charge is -2.36. The minimum atomic E-state index is -0.168. The van der Waals surface area contributed by atoms with Crippen molar-refractivity contribution in [3.8, 4) is 0 Å². The lowest BCUT2D eigenvalue weighted by molar-refractivity contribution is 0.208. The second-order valence-electron chi connectivity index (χ2n) is 5.48. The number of carbonyl (C=O) groups excluding carboxylic acids is 1. The number of anilines is 2. The number of rotatable bonds is 2. The van der Waals surface area contributed by atoms with Gasteiger partial charge in [-0.15, -0.1) is 0 Å². The fourth-order valence-electron chi connectivity index (χ4n) is 2.64. The Morgan fingerprint density at radius 1 is 0.917 bits per heavy atom. The highest BCUT2D eigenvalue weighted by atomic mass is 35.5. The van der Waals surface area contributed by atoms with E-state index < -0.39 is 0 Å². The second kappa shape index (κ2) is 7.51. The minimum Gasteiger partial charge on any atom is -0.367 e. The first-order valence-electron chi connectivity index (χ1n) is 7.55. The van der Waals surface area contributed by atoms with Crippen LogP contribution in [0, 0.1) is 0 Å². The molecule has 0 spiro atoms. The van der Waals surface area contributed by atoms with Gasteiger partial charge in [0.25, 0.3) is 0 Å². The van der Waals surface area contributed by atoms with E-state index in [4.69, 9.17) is 34.8 Å². The molecule has 2 aromatic carbocycles. The van der Waals surface area contributed by atoms with Gasteiger partial charge >= 0.3 is 6.03 Å². The summed E-state index contributed by atoms with van der Waals surface area (Å²) in [5.74, 6) is 0. The van der Waals surface area contributed by atoms with Crippen molar-refractivity contribution in [3.63, 3.8) is 0 Å². The first-order chi connectivity index (χ1) is 11.5. The molecule has 0 saturated carbocycles. The normalized spacial score (nSPS) is 14.6. The van der Waals surface area contributed by atoms with E-state index >= 15 is 0 Å². The van der Waals surface area contributed by atoms with E-state index in [9.17, 15) is 4.79 Å². The van der Waals surface area contributed by atoms with Crippen molar-refractivity contribution in [3.05, 3.63) is 57.5 Å². The highest BCUT2D eigenvalue weighted by Gasteiger charge is 2.22. The average Bonchev–Trinajstić information content (AvgIpc) is 2.58. The number of nitrogens with zero attached hydrogens (tertiary/aromatic N) is 2. The van der Waals surface area contributed by atoms with Gasteiger partial charge in [-0.25, -0.2) is 4.79 Å². The molecule has 0 radical (unpaired) electrons. The average molecular weight is 385 g/mol. The van der Waals surface area contributed by atoms with Gasteiger partial charge in [0, 0.05) is 31.2 Å². The molecule has 0 atom stereocenters. The number of carbonyl (C=O) groups is 1. The van der Waals surface area contributed by atoms with Crippen molar-refractivity contribution < 1.29 is 4.79 Å². The van der Waals surface area contributed by atoms with E-state index in [1.165, 1.54) is 0 Å². The standard InChI is InChI=1S/C17H16Cl3N3O/c18-12-5-6-15(14(20)11-12)21-17(24)23-9-7-22(8-10-23)16-4-2-1-3-13(16)19/h1-6,11H,7-10H2,(H,21,24). The molecule has 1 aliphatic rings. The van der Waals surface area contributed by atoms with Gasteiger partial charge < -0.3 is 15.1 Å². The van der Waals surface area contributed by atoms with Crippen molar-refractivity contribution in [2.24, 2.45) is 0 Å². The molecule has 3 rings (SSSR count). The fourth-order valence-corrected chi connectivity index (χ4v) is 3.35. The van der Waals surface area contributed by atoms with Crippen molar-refractivity contribution in [2.45, 2.75) is 0 Å². The largest absolute Gasteiger partial charge is 0.367 e. The fraction of sp³-hybridized carbons (Fsp3) is 0.235. The second-order valence-corrected chi connectivity index (χ2v) is 6.73. The van der Waals surface area contributed by atoms with Gasteiger partial charge in [0.15, 0.2) is 0 Å². The molecule has 1 fully saturated rings. The zero-order valence-electron chi connectivity index (χ0n) is 12.8. The summed E-state index contributed by atoms with van der Waals surface area (Å²) in [6.07, 6.45) is 0. The van der Waals surface area contributed by atoms with Gasteiger partial charge in [-0.05, 0) is 30.3 Å². The number of piperazine rings is 1. The van der Waals surface area contributed by atoms with Crippen LogP contribution in [0.3, 0.4) is 0 Å². The lowest BCUT2D eigenvalue weighted by Crippen LogP contribution is -2.50.